The lowest BCUT2D eigenvalue weighted by molar-refractivity contribution is -0.0249. The number of amides is 1. The molecule has 1 heterocycles. The van der Waals surface area contributed by atoms with Crippen molar-refractivity contribution in [3.05, 3.63) is 29.8 Å². The van der Waals surface area contributed by atoms with Gasteiger partial charge in [0, 0.05) is 44.9 Å². The van der Waals surface area contributed by atoms with Crippen LogP contribution >= 0.6 is 0 Å². The van der Waals surface area contributed by atoms with E-state index in [4.69, 9.17) is 9.47 Å². The van der Waals surface area contributed by atoms with E-state index < -0.39 is 0 Å². The number of piperazine rings is 1. The van der Waals surface area contributed by atoms with Crippen LogP contribution in [-0.4, -0.2) is 68.3 Å². The van der Waals surface area contributed by atoms with E-state index in [9.17, 15) is 4.79 Å². The molecule has 2 atom stereocenters. The molecule has 1 aliphatic heterocycles. The lowest BCUT2D eigenvalue weighted by Gasteiger charge is -2.43. The summed E-state index contributed by atoms with van der Waals surface area (Å²) in [7, 11) is 3.45. The molecular formula is C19H28N2O3. The SMILES string of the molecule is COc1cccc(C(=O)N2CCN([C@H]3CCCC[C@@H]3OC)CC2)c1. The normalized spacial score (nSPS) is 25.5. The lowest BCUT2D eigenvalue weighted by atomic mass is 9.90. The van der Waals surface area contributed by atoms with Crippen LogP contribution in [0.15, 0.2) is 24.3 Å². The fourth-order valence-corrected chi connectivity index (χ4v) is 3.97. The molecule has 0 spiro atoms. The summed E-state index contributed by atoms with van der Waals surface area (Å²) >= 11 is 0. The lowest BCUT2D eigenvalue weighted by Crippen LogP contribution is -2.55. The first kappa shape index (κ1) is 17.2. The smallest absolute Gasteiger partial charge is 0.254 e. The Labute approximate surface area is 144 Å². The van der Waals surface area contributed by atoms with Gasteiger partial charge in [0.1, 0.15) is 5.75 Å². The number of carbonyl (C=O) groups excluding carboxylic acids is 1. The van der Waals surface area contributed by atoms with Crippen LogP contribution in [0.4, 0.5) is 0 Å². The van der Waals surface area contributed by atoms with E-state index in [0.29, 0.717) is 17.7 Å². The van der Waals surface area contributed by atoms with Gasteiger partial charge in [-0.05, 0) is 31.0 Å². The Bertz CT molecular complexity index is 555. The fraction of sp³-hybridized carbons (Fsp3) is 0.632. The van der Waals surface area contributed by atoms with Crippen LogP contribution in [-0.2, 0) is 4.74 Å². The summed E-state index contributed by atoms with van der Waals surface area (Å²) in [6.45, 7) is 3.42. The second kappa shape index (κ2) is 7.99. The van der Waals surface area contributed by atoms with E-state index in [-0.39, 0.29) is 5.91 Å². The number of hydrogen-bond donors (Lipinski definition) is 0. The van der Waals surface area contributed by atoms with Gasteiger partial charge in [0.05, 0.1) is 13.2 Å². The van der Waals surface area contributed by atoms with Gasteiger partial charge in [-0.25, -0.2) is 0 Å². The van der Waals surface area contributed by atoms with Gasteiger partial charge in [-0.2, -0.15) is 0 Å². The van der Waals surface area contributed by atoms with Crippen LogP contribution in [0.25, 0.3) is 0 Å². The van der Waals surface area contributed by atoms with Crippen LogP contribution in [0.5, 0.6) is 5.75 Å². The Kier molecular flexibility index (Phi) is 5.74. The summed E-state index contributed by atoms with van der Waals surface area (Å²) in [5, 5.41) is 0. The molecule has 24 heavy (non-hydrogen) atoms. The number of ether oxygens (including phenoxy) is 2. The van der Waals surface area contributed by atoms with Crippen molar-refractivity contribution >= 4 is 5.91 Å². The molecule has 0 N–H and O–H groups in total. The second-order valence-corrected chi connectivity index (χ2v) is 6.69. The number of carbonyl (C=O) groups is 1. The van der Waals surface area contributed by atoms with Crippen molar-refractivity contribution in [1.82, 2.24) is 9.80 Å². The Morgan fingerprint density at radius 3 is 2.54 bits per heavy atom. The number of benzene rings is 1. The molecule has 1 aromatic carbocycles. The molecule has 1 saturated heterocycles. The molecular weight excluding hydrogens is 304 g/mol. The molecule has 1 saturated carbocycles. The molecule has 2 aliphatic rings. The van der Waals surface area contributed by atoms with Gasteiger partial charge in [0.25, 0.3) is 5.91 Å². The topological polar surface area (TPSA) is 42.0 Å². The van der Waals surface area contributed by atoms with E-state index in [2.05, 4.69) is 4.90 Å². The van der Waals surface area contributed by atoms with E-state index in [1.165, 1.54) is 19.3 Å². The van der Waals surface area contributed by atoms with Gasteiger partial charge in [-0.1, -0.05) is 18.9 Å². The Hall–Kier alpha value is -1.59. The standard InChI is InChI=1S/C19H28N2O3/c1-23-16-7-5-6-15(14-16)19(22)21-12-10-20(11-13-21)17-8-3-4-9-18(17)24-2/h5-7,14,17-18H,3-4,8-13H2,1-2H3/t17-,18-/m0/s1. The van der Waals surface area contributed by atoms with E-state index in [1.807, 2.05) is 36.3 Å². The summed E-state index contributed by atoms with van der Waals surface area (Å²) in [6.07, 6.45) is 5.27. The van der Waals surface area contributed by atoms with Crippen LogP contribution in [0.1, 0.15) is 36.0 Å². The largest absolute Gasteiger partial charge is 0.497 e. The summed E-state index contributed by atoms with van der Waals surface area (Å²) in [5.74, 6) is 0.824. The fourth-order valence-electron chi connectivity index (χ4n) is 3.97. The summed E-state index contributed by atoms with van der Waals surface area (Å²) in [6, 6.07) is 7.92. The highest BCUT2D eigenvalue weighted by molar-refractivity contribution is 5.94. The molecule has 0 unspecified atom stereocenters. The van der Waals surface area contributed by atoms with Gasteiger partial charge < -0.3 is 14.4 Å². The van der Waals surface area contributed by atoms with Crippen molar-refractivity contribution in [3.8, 4) is 5.75 Å². The van der Waals surface area contributed by atoms with Gasteiger partial charge in [0.2, 0.25) is 0 Å². The predicted octanol–water partition coefficient (Wildman–Crippen LogP) is 2.41. The van der Waals surface area contributed by atoms with Crippen molar-refractivity contribution in [2.24, 2.45) is 0 Å². The second-order valence-electron chi connectivity index (χ2n) is 6.69. The first-order chi connectivity index (χ1) is 11.7. The number of hydrogen-bond acceptors (Lipinski definition) is 4. The molecule has 0 bridgehead atoms. The Balaban J connectivity index is 1.59. The maximum Gasteiger partial charge on any atom is 0.254 e. The maximum absolute atomic E-state index is 12.7. The molecule has 1 aliphatic carbocycles. The molecule has 1 amide bonds. The minimum Gasteiger partial charge on any atom is -0.497 e. The van der Waals surface area contributed by atoms with Gasteiger partial charge in [-0.15, -0.1) is 0 Å². The molecule has 132 valence electrons. The number of rotatable bonds is 4. The van der Waals surface area contributed by atoms with Crippen molar-refractivity contribution in [3.63, 3.8) is 0 Å². The molecule has 5 heteroatoms. The maximum atomic E-state index is 12.7. The third kappa shape index (κ3) is 3.73. The highest BCUT2D eigenvalue weighted by Crippen LogP contribution is 2.26. The zero-order chi connectivity index (χ0) is 16.9. The Morgan fingerprint density at radius 1 is 1.08 bits per heavy atom. The van der Waals surface area contributed by atoms with Crippen LogP contribution < -0.4 is 4.74 Å². The molecule has 5 nitrogen and oxygen atoms in total. The molecule has 0 radical (unpaired) electrons. The highest BCUT2D eigenvalue weighted by atomic mass is 16.5. The summed E-state index contributed by atoms with van der Waals surface area (Å²) in [5.41, 5.74) is 0.704. The van der Waals surface area contributed by atoms with Crippen molar-refractivity contribution in [1.29, 1.82) is 0 Å². The predicted molar refractivity (Wildman–Crippen MR) is 93.5 cm³/mol. The molecule has 1 aromatic rings. The van der Waals surface area contributed by atoms with Crippen molar-refractivity contribution in [2.45, 2.75) is 37.8 Å². The van der Waals surface area contributed by atoms with Crippen LogP contribution in [0.3, 0.4) is 0 Å². The van der Waals surface area contributed by atoms with Gasteiger partial charge in [0.15, 0.2) is 0 Å². The number of nitrogens with zero attached hydrogens (tertiary/aromatic N) is 2. The average molecular weight is 332 g/mol. The quantitative estimate of drug-likeness (QED) is 0.849. The monoisotopic (exact) mass is 332 g/mol. The minimum absolute atomic E-state index is 0.0977. The highest BCUT2D eigenvalue weighted by Gasteiger charge is 2.33. The first-order valence-electron chi connectivity index (χ1n) is 8.93. The van der Waals surface area contributed by atoms with Crippen molar-refractivity contribution < 1.29 is 14.3 Å². The Morgan fingerprint density at radius 2 is 1.83 bits per heavy atom. The van der Waals surface area contributed by atoms with Crippen LogP contribution in [0.2, 0.25) is 0 Å². The third-order valence-corrected chi connectivity index (χ3v) is 5.36. The van der Waals surface area contributed by atoms with E-state index in [0.717, 1.165) is 38.3 Å². The first-order valence-corrected chi connectivity index (χ1v) is 8.93. The molecule has 3 rings (SSSR count). The minimum atomic E-state index is 0.0977. The summed E-state index contributed by atoms with van der Waals surface area (Å²) < 4.78 is 10.9. The van der Waals surface area contributed by atoms with Gasteiger partial charge in [-0.3, -0.25) is 9.69 Å². The zero-order valence-corrected chi connectivity index (χ0v) is 14.7. The van der Waals surface area contributed by atoms with E-state index in [1.54, 1.807) is 7.11 Å². The van der Waals surface area contributed by atoms with Crippen molar-refractivity contribution in [2.75, 3.05) is 40.4 Å². The van der Waals surface area contributed by atoms with E-state index >= 15 is 0 Å². The number of methoxy groups -OCH3 is 2. The molecule has 0 aromatic heterocycles. The average Bonchev–Trinajstić information content (AvgIpc) is 2.67. The zero-order valence-electron chi connectivity index (χ0n) is 14.7. The van der Waals surface area contributed by atoms with Gasteiger partial charge >= 0.3 is 0 Å². The van der Waals surface area contributed by atoms with Crippen LogP contribution in [0, 0.1) is 0 Å². The summed E-state index contributed by atoms with van der Waals surface area (Å²) in [4.78, 5) is 17.2. The third-order valence-electron chi connectivity index (χ3n) is 5.36. The molecule has 2 fully saturated rings.